The summed E-state index contributed by atoms with van der Waals surface area (Å²) < 4.78 is 42.0. The van der Waals surface area contributed by atoms with E-state index in [0.717, 1.165) is 18.1 Å². The Balaban J connectivity index is 1.61. The highest BCUT2D eigenvalue weighted by Gasteiger charge is 2.45. The Kier molecular flexibility index (Phi) is 5.39. The molecule has 11 heteroatoms. The van der Waals surface area contributed by atoms with Gasteiger partial charge < -0.3 is 9.47 Å². The number of hydrogen-bond donors (Lipinski definition) is 0. The molecule has 1 aliphatic rings. The van der Waals surface area contributed by atoms with E-state index in [1.54, 1.807) is 28.6 Å². The Bertz CT molecular complexity index is 1450. The van der Waals surface area contributed by atoms with Crippen molar-refractivity contribution in [2.24, 2.45) is 7.05 Å². The number of benzene rings is 2. The molecule has 7 nitrogen and oxygen atoms in total. The van der Waals surface area contributed by atoms with Crippen molar-refractivity contribution in [1.82, 2.24) is 29.4 Å². The lowest BCUT2D eigenvalue weighted by atomic mass is 9.96. The van der Waals surface area contributed by atoms with Crippen molar-refractivity contribution in [3.63, 3.8) is 0 Å². The second-order valence-electron chi connectivity index (χ2n) is 8.99. The van der Waals surface area contributed by atoms with Crippen LogP contribution in [0.2, 0.25) is 5.02 Å². The van der Waals surface area contributed by atoms with E-state index in [0.29, 0.717) is 35.6 Å². The molecule has 0 radical (unpaired) electrons. The van der Waals surface area contributed by atoms with Crippen LogP contribution >= 0.6 is 11.6 Å². The highest BCUT2D eigenvalue weighted by Crippen LogP contribution is 2.42. The fraction of sp³-hybridized carbons (Fsp3) is 0.333. The van der Waals surface area contributed by atoms with Crippen molar-refractivity contribution in [3.8, 4) is 5.69 Å². The summed E-state index contributed by atoms with van der Waals surface area (Å²) in [5.41, 5.74) is 0.766. The first kappa shape index (κ1) is 23.3. The number of halogens is 4. The van der Waals surface area contributed by atoms with Crippen molar-refractivity contribution in [3.05, 3.63) is 70.3 Å². The molecular formula is C24H22ClF3N6O. The molecule has 1 unspecified atom stereocenters. The van der Waals surface area contributed by atoms with Crippen molar-refractivity contribution < 1.29 is 18.0 Å². The second-order valence-corrected chi connectivity index (χ2v) is 9.39. The minimum absolute atomic E-state index is 0.178. The molecule has 1 amide bonds. The van der Waals surface area contributed by atoms with Crippen LogP contribution in [0.1, 0.15) is 47.1 Å². The van der Waals surface area contributed by atoms with Crippen LogP contribution in [0.5, 0.6) is 0 Å². The van der Waals surface area contributed by atoms with E-state index in [2.05, 4.69) is 15.2 Å². The Labute approximate surface area is 204 Å². The summed E-state index contributed by atoms with van der Waals surface area (Å²) in [6, 6.07) is 7.72. The number of fused-ring (bicyclic) bond motifs is 1. The first-order chi connectivity index (χ1) is 16.5. The van der Waals surface area contributed by atoms with Gasteiger partial charge in [0.2, 0.25) is 0 Å². The van der Waals surface area contributed by atoms with E-state index in [4.69, 9.17) is 11.6 Å². The molecule has 35 heavy (non-hydrogen) atoms. The maximum absolute atomic E-state index is 13.9. The summed E-state index contributed by atoms with van der Waals surface area (Å²) in [5.74, 6) is 0.280. The predicted molar refractivity (Wildman–Crippen MR) is 124 cm³/mol. The number of carbonyl (C=O) groups is 1. The van der Waals surface area contributed by atoms with Crippen LogP contribution in [0.3, 0.4) is 0 Å². The number of imidazole rings is 1. The third-order valence-electron chi connectivity index (χ3n) is 6.66. The SMILES string of the molecule is Cc1ccc(-n2nccn2)c(C(=O)N2CCCC2(C)c2nc3cc(C(F)(F)F)c(Cl)cc3n2C)c1. The van der Waals surface area contributed by atoms with Crippen LogP contribution < -0.4 is 0 Å². The monoisotopic (exact) mass is 502 g/mol. The molecule has 2 aromatic heterocycles. The van der Waals surface area contributed by atoms with Gasteiger partial charge in [0.1, 0.15) is 5.82 Å². The van der Waals surface area contributed by atoms with Crippen LogP contribution in [0.4, 0.5) is 13.2 Å². The normalized spacial score (nSPS) is 18.5. The highest BCUT2D eigenvalue weighted by molar-refractivity contribution is 6.32. The third kappa shape index (κ3) is 3.76. The van der Waals surface area contributed by atoms with Gasteiger partial charge in [-0.05, 0) is 51.0 Å². The zero-order valence-corrected chi connectivity index (χ0v) is 20.0. The minimum Gasteiger partial charge on any atom is -0.329 e. The maximum atomic E-state index is 13.9. The minimum atomic E-state index is -4.59. The largest absolute Gasteiger partial charge is 0.417 e. The number of alkyl halides is 3. The van der Waals surface area contributed by atoms with Crippen molar-refractivity contribution >= 4 is 28.5 Å². The molecule has 5 rings (SSSR count). The van der Waals surface area contributed by atoms with Crippen LogP contribution in [0.15, 0.2) is 42.7 Å². The van der Waals surface area contributed by atoms with Crippen molar-refractivity contribution in [1.29, 1.82) is 0 Å². The number of aryl methyl sites for hydroxylation is 2. The molecule has 0 bridgehead atoms. The van der Waals surface area contributed by atoms with E-state index in [1.165, 1.54) is 23.3 Å². The van der Waals surface area contributed by atoms with E-state index >= 15 is 0 Å². The Hall–Kier alpha value is -3.40. The molecule has 1 atom stereocenters. The van der Waals surface area contributed by atoms with Crippen LogP contribution in [0.25, 0.3) is 16.7 Å². The van der Waals surface area contributed by atoms with Gasteiger partial charge in [0.25, 0.3) is 5.91 Å². The van der Waals surface area contributed by atoms with E-state index in [1.807, 2.05) is 19.9 Å². The van der Waals surface area contributed by atoms with Gasteiger partial charge >= 0.3 is 6.18 Å². The molecule has 3 heterocycles. The smallest absolute Gasteiger partial charge is 0.329 e. The number of rotatable bonds is 3. The number of aromatic nitrogens is 5. The quantitative estimate of drug-likeness (QED) is 0.382. The zero-order valence-electron chi connectivity index (χ0n) is 19.3. The third-order valence-corrected chi connectivity index (χ3v) is 6.97. The standard InChI is InChI=1S/C24H22ClF3N6O/c1-14-5-6-19(34-29-8-9-30-34)15(11-14)21(35)33-10-4-7-23(33,2)22-31-18-12-16(24(26,27)28)17(25)13-20(18)32(22)3/h5-6,8-9,11-13H,4,7,10H2,1-3H3. The summed E-state index contributed by atoms with van der Waals surface area (Å²) in [7, 11) is 1.73. The molecule has 1 aliphatic heterocycles. The van der Waals surface area contributed by atoms with Gasteiger partial charge in [0, 0.05) is 13.6 Å². The van der Waals surface area contributed by atoms with Gasteiger partial charge in [-0.2, -0.15) is 28.2 Å². The van der Waals surface area contributed by atoms with Crippen molar-refractivity contribution in [2.75, 3.05) is 6.54 Å². The Morgan fingerprint density at radius 3 is 2.54 bits per heavy atom. The molecule has 0 saturated carbocycles. The van der Waals surface area contributed by atoms with Crippen molar-refractivity contribution in [2.45, 2.75) is 38.4 Å². The average molecular weight is 503 g/mol. The number of amides is 1. The van der Waals surface area contributed by atoms with E-state index < -0.39 is 17.3 Å². The van der Waals surface area contributed by atoms with Gasteiger partial charge in [-0.15, -0.1) is 0 Å². The Morgan fingerprint density at radius 2 is 1.86 bits per heavy atom. The summed E-state index contributed by atoms with van der Waals surface area (Å²) >= 11 is 5.96. The summed E-state index contributed by atoms with van der Waals surface area (Å²) in [5, 5.41) is 7.96. The van der Waals surface area contributed by atoms with Gasteiger partial charge in [-0.1, -0.05) is 23.2 Å². The summed E-state index contributed by atoms with van der Waals surface area (Å²) in [6.07, 6.45) is -0.190. The Morgan fingerprint density at radius 1 is 1.14 bits per heavy atom. The van der Waals surface area contributed by atoms with Gasteiger partial charge in [0.05, 0.1) is 50.8 Å². The van der Waals surface area contributed by atoms with E-state index in [9.17, 15) is 18.0 Å². The molecule has 1 fully saturated rings. The van der Waals surface area contributed by atoms with Gasteiger partial charge in [0.15, 0.2) is 0 Å². The summed E-state index contributed by atoms with van der Waals surface area (Å²) in [4.78, 5) is 21.6. The average Bonchev–Trinajstić information content (AvgIpc) is 3.53. The fourth-order valence-electron chi connectivity index (χ4n) is 4.91. The molecular weight excluding hydrogens is 481 g/mol. The van der Waals surface area contributed by atoms with Gasteiger partial charge in [-0.3, -0.25) is 4.79 Å². The van der Waals surface area contributed by atoms with Crippen LogP contribution in [-0.2, 0) is 18.8 Å². The zero-order chi connectivity index (χ0) is 25.1. The predicted octanol–water partition coefficient (Wildman–Crippen LogP) is 5.29. The number of hydrogen-bond acceptors (Lipinski definition) is 4. The molecule has 0 spiro atoms. The summed E-state index contributed by atoms with van der Waals surface area (Å²) in [6.45, 7) is 4.27. The lowest BCUT2D eigenvalue weighted by molar-refractivity contribution is -0.137. The number of carbonyl (C=O) groups excluding carboxylic acids is 1. The van der Waals surface area contributed by atoms with Crippen LogP contribution in [0, 0.1) is 6.92 Å². The number of nitrogens with zero attached hydrogens (tertiary/aromatic N) is 6. The molecule has 0 N–H and O–H groups in total. The second kappa shape index (κ2) is 8.08. The van der Waals surface area contributed by atoms with E-state index in [-0.39, 0.29) is 16.4 Å². The molecule has 4 aromatic rings. The molecule has 0 aliphatic carbocycles. The molecule has 182 valence electrons. The number of likely N-dealkylation sites (tertiary alicyclic amines) is 1. The topological polar surface area (TPSA) is 68.8 Å². The van der Waals surface area contributed by atoms with Gasteiger partial charge in [-0.25, -0.2) is 4.98 Å². The fourth-order valence-corrected chi connectivity index (χ4v) is 5.18. The lowest BCUT2D eigenvalue weighted by Gasteiger charge is -2.35. The first-order valence-corrected chi connectivity index (χ1v) is 11.4. The lowest BCUT2D eigenvalue weighted by Crippen LogP contribution is -2.44. The molecule has 1 saturated heterocycles. The van der Waals surface area contributed by atoms with Crippen LogP contribution in [-0.4, -0.2) is 41.9 Å². The maximum Gasteiger partial charge on any atom is 0.417 e. The first-order valence-electron chi connectivity index (χ1n) is 11.0. The molecule has 2 aromatic carbocycles. The highest BCUT2D eigenvalue weighted by atomic mass is 35.5.